The summed E-state index contributed by atoms with van der Waals surface area (Å²) in [5, 5.41) is 10.5. The minimum atomic E-state index is -0.800. The SMILES string of the molecule is COc1cc(/C=C/C(=O)Oc2c(-c3ccc(Cl)c(Cl)c3)oc3ccccc3c2=O)ccc1O. The Bertz CT molecular complexity index is 1460. The Hall–Kier alpha value is -3.74. The van der Waals surface area contributed by atoms with Crippen LogP contribution in [0.4, 0.5) is 0 Å². The highest BCUT2D eigenvalue weighted by Gasteiger charge is 2.20. The van der Waals surface area contributed by atoms with E-state index >= 15 is 0 Å². The lowest BCUT2D eigenvalue weighted by Crippen LogP contribution is -2.14. The molecule has 1 aromatic heterocycles. The van der Waals surface area contributed by atoms with Crippen molar-refractivity contribution in [3.05, 3.63) is 92.6 Å². The number of rotatable bonds is 5. The molecule has 0 fully saturated rings. The van der Waals surface area contributed by atoms with E-state index in [0.29, 0.717) is 21.7 Å². The normalized spacial score (nSPS) is 11.1. The number of fused-ring (bicyclic) bond motifs is 1. The van der Waals surface area contributed by atoms with Crippen LogP contribution in [-0.4, -0.2) is 18.2 Å². The van der Waals surface area contributed by atoms with Crippen molar-refractivity contribution in [3.63, 3.8) is 0 Å². The van der Waals surface area contributed by atoms with Crippen molar-refractivity contribution in [3.8, 4) is 28.6 Å². The molecule has 1 N–H and O–H groups in total. The van der Waals surface area contributed by atoms with Gasteiger partial charge in [-0.3, -0.25) is 4.79 Å². The highest BCUT2D eigenvalue weighted by molar-refractivity contribution is 6.42. The summed E-state index contributed by atoms with van der Waals surface area (Å²) < 4.78 is 16.4. The predicted molar refractivity (Wildman–Crippen MR) is 127 cm³/mol. The second-order valence-corrected chi connectivity index (χ2v) is 7.71. The summed E-state index contributed by atoms with van der Waals surface area (Å²) in [5.74, 6) is -0.805. The number of halogens is 2. The van der Waals surface area contributed by atoms with Crippen molar-refractivity contribution in [2.75, 3.05) is 7.11 Å². The maximum absolute atomic E-state index is 13.1. The number of carbonyl (C=O) groups is 1. The molecule has 0 atom stereocenters. The van der Waals surface area contributed by atoms with Crippen LogP contribution in [0.2, 0.25) is 10.0 Å². The summed E-state index contributed by atoms with van der Waals surface area (Å²) in [5.41, 5.74) is 0.820. The number of phenolic OH excluding ortho intramolecular Hbond substituents is 1. The second kappa shape index (κ2) is 9.40. The topological polar surface area (TPSA) is 86.0 Å². The van der Waals surface area contributed by atoms with Gasteiger partial charge in [-0.25, -0.2) is 4.79 Å². The Balaban J connectivity index is 1.74. The number of carbonyl (C=O) groups excluding carboxylic acids is 1. The first-order chi connectivity index (χ1) is 15.9. The summed E-state index contributed by atoms with van der Waals surface area (Å²) in [7, 11) is 1.42. The van der Waals surface area contributed by atoms with Gasteiger partial charge in [0.2, 0.25) is 11.2 Å². The fraction of sp³-hybridized carbons (Fsp3) is 0.0400. The van der Waals surface area contributed by atoms with Crippen molar-refractivity contribution in [2.24, 2.45) is 0 Å². The van der Waals surface area contributed by atoms with Gasteiger partial charge in [0.15, 0.2) is 17.3 Å². The van der Waals surface area contributed by atoms with Crippen LogP contribution in [0, 0.1) is 0 Å². The molecule has 3 aromatic carbocycles. The summed E-state index contributed by atoms with van der Waals surface area (Å²) >= 11 is 12.1. The molecule has 0 aliphatic rings. The van der Waals surface area contributed by atoms with E-state index in [1.165, 1.54) is 25.3 Å². The van der Waals surface area contributed by atoms with E-state index in [1.807, 2.05) is 0 Å². The third kappa shape index (κ3) is 4.72. The first-order valence-corrected chi connectivity index (χ1v) is 10.4. The fourth-order valence-corrected chi connectivity index (χ4v) is 3.44. The lowest BCUT2D eigenvalue weighted by atomic mass is 10.1. The molecule has 1 heterocycles. The van der Waals surface area contributed by atoms with E-state index in [0.717, 1.165) is 6.08 Å². The van der Waals surface area contributed by atoms with Crippen molar-refractivity contribution < 1.29 is 23.8 Å². The number of phenols is 1. The molecule has 0 aliphatic heterocycles. The highest BCUT2D eigenvalue weighted by Crippen LogP contribution is 2.34. The van der Waals surface area contributed by atoms with Gasteiger partial charge in [0.1, 0.15) is 5.58 Å². The minimum Gasteiger partial charge on any atom is -0.504 e. The van der Waals surface area contributed by atoms with Crippen LogP contribution in [0.3, 0.4) is 0 Å². The summed E-state index contributed by atoms with van der Waals surface area (Å²) in [6.07, 6.45) is 2.62. The molecule has 6 nitrogen and oxygen atoms in total. The van der Waals surface area contributed by atoms with Crippen molar-refractivity contribution in [1.29, 1.82) is 0 Å². The first kappa shape index (κ1) is 22.5. The van der Waals surface area contributed by atoms with Crippen LogP contribution in [0.15, 0.2) is 76.0 Å². The molecule has 0 saturated heterocycles. The molecule has 4 rings (SSSR count). The Morgan fingerprint density at radius 1 is 1.03 bits per heavy atom. The maximum atomic E-state index is 13.1. The first-order valence-electron chi connectivity index (χ1n) is 9.65. The minimum absolute atomic E-state index is 0.0303. The molecule has 0 radical (unpaired) electrons. The van der Waals surface area contributed by atoms with Gasteiger partial charge in [0, 0.05) is 11.6 Å². The van der Waals surface area contributed by atoms with Crippen LogP contribution in [0.5, 0.6) is 17.2 Å². The molecule has 8 heteroatoms. The van der Waals surface area contributed by atoms with Crippen LogP contribution < -0.4 is 14.9 Å². The Kier molecular flexibility index (Phi) is 6.40. The molecule has 0 amide bonds. The summed E-state index contributed by atoms with van der Waals surface area (Å²) in [6, 6.07) is 15.9. The Labute approximate surface area is 198 Å². The van der Waals surface area contributed by atoms with Gasteiger partial charge in [-0.15, -0.1) is 0 Å². The van der Waals surface area contributed by atoms with E-state index in [2.05, 4.69) is 0 Å². The Morgan fingerprint density at radius 2 is 1.82 bits per heavy atom. The van der Waals surface area contributed by atoms with Crippen molar-refractivity contribution in [2.45, 2.75) is 0 Å². The molecule has 0 bridgehead atoms. The number of para-hydroxylation sites is 1. The summed E-state index contributed by atoms with van der Waals surface area (Å²) in [4.78, 5) is 25.7. The van der Waals surface area contributed by atoms with E-state index in [4.69, 9.17) is 37.1 Å². The van der Waals surface area contributed by atoms with E-state index in [-0.39, 0.29) is 33.4 Å². The molecular weight excluding hydrogens is 467 g/mol. The molecule has 33 heavy (non-hydrogen) atoms. The average molecular weight is 483 g/mol. The van der Waals surface area contributed by atoms with Gasteiger partial charge < -0.3 is 19.0 Å². The molecule has 0 spiro atoms. The van der Waals surface area contributed by atoms with Crippen molar-refractivity contribution >= 4 is 46.2 Å². The number of hydrogen-bond donors (Lipinski definition) is 1. The number of benzene rings is 3. The van der Waals surface area contributed by atoms with Crippen LogP contribution in [-0.2, 0) is 4.79 Å². The monoisotopic (exact) mass is 482 g/mol. The number of esters is 1. The zero-order valence-electron chi connectivity index (χ0n) is 17.2. The van der Waals surface area contributed by atoms with Gasteiger partial charge in [-0.1, -0.05) is 41.4 Å². The van der Waals surface area contributed by atoms with E-state index < -0.39 is 11.4 Å². The third-order valence-electron chi connectivity index (χ3n) is 4.76. The molecular formula is C25H16Cl2O6. The third-order valence-corrected chi connectivity index (χ3v) is 5.50. The lowest BCUT2D eigenvalue weighted by Gasteiger charge is -2.10. The van der Waals surface area contributed by atoms with Crippen LogP contribution in [0.25, 0.3) is 28.4 Å². The largest absolute Gasteiger partial charge is 0.504 e. The zero-order valence-corrected chi connectivity index (χ0v) is 18.7. The van der Waals surface area contributed by atoms with Gasteiger partial charge in [0.25, 0.3) is 0 Å². The van der Waals surface area contributed by atoms with Crippen LogP contribution >= 0.6 is 23.2 Å². The second-order valence-electron chi connectivity index (χ2n) is 6.90. The van der Waals surface area contributed by atoms with Gasteiger partial charge in [0.05, 0.1) is 22.5 Å². The highest BCUT2D eigenvalue weighted by atomic mass is 35.5. The molecule has 4 aromatic rings. The number of hydrogen-bond acceptors (Lipinski definition) is 6. The molecule has 0 saturated carbocycles. The molecule has 0 unspecified atom stereocenters. The smallest absolute Gasteiger partial charge is 0.336 e. The quantitative estimate of drug-likeness (QED) is 0.273. The predicted octanol–water partition coefficient (Wildman–Crippen LogP) is 6.10. The van der Waals surface area contributed by atoms with E-state index in [9.17, 15) is 14.7 Å². The molecule has 0 aliphatic carbocycles. The van der Waals surface area contributed by atoms with Gasteiger partial charge >= 0.3 is 5.97 Å². The number of methoxy groups -OCH3 is 1. The van der Waals surface area contributed by atoms with E-state index in [1.54, 1.807) is 48.5 Å². The van der Waals surface area contributed by atoms with Crippen LogP contribution in [0.1, 0.15) is 5.56 Å². The average Bonchev–Trinajstić information content (AvgIpc) is 2.82. The van der Waals surface area contributed by atoms with Gasteiger partial charge in [-0.2, -0.15) is 0 Å². The van der Waals surface area contributed by atoms with Crippen molar-refractivity contribution in [1.82, 2.24) is 0 Å². The zero-order chi connectivity index (χ0) is 23.5. The lowest BCUT2D eigenvalue weighted by molar-refractivity contribution is -0.129. The summed E-state index contributed by atoms with van der Waals surface area (Å²) in [6.45, 7) is 0. The molecule has 166 valence electrons. The number of ether oxygens (including phenoxy) is 2. The Morgan fingerprint density at radius 3 is 2.58 bits per heavy atom. The standard InChI is InChI=1S/C25H16Cl2O6/c1-31-21-12-14(6-10-19(21)28)7-11-22(29)33-25-23(30)16-4-2-3-5-20(16)32-24(25)15-8-9-17(26)18(27)13-15/h2-13,28H,1H3/b11-7+. The fourth-order valence-electron chi connectivity index (χ4n) is 3.14. The van der Waals surface area contributed by atoms with Gasteiger partial charge in [-0.05, 0) is 54.1 Å². The maximum Gasteiger partial charge on any atom is 0.336 e. The number of aromatic hydroxyl groups is 1.